The second kappa shape index (κ2) is 6.06. The van der Waals surface area contributed by atoms with Crippen LogP contribution in [0.25, 0.3) is 0 Å². The highest BCUT2D eigenvalue weighted by Gasteiger charge is 2.62. The molecule has 0 amide bonds. The second-order valence-electron chi connectivity index (χ2n) is 6.48. The van der Waals surface area contributed by atoms with E-state index in [1.165, 1.54) is 24.3 Å². The molecule has 138 valence electrons. The van der Waals surface area contributed by atoms with E-state index in [1.54, 1.807) is 12.1 Å². The number of nitrogens with zero attached hydrogens (tertiary/aromatic N) is 1. The van der Waals surface area contributed by atoms with E-state index in [1.807, 2.05) is 0 Å². The quantitative estimate of drug-likeness (QED) is 0.683. The van der Waals surface area contributed by atoms with E-state index in [9.17, 15) is 13.2 Å². The van der Waals surface area contributed by atoms with Crippen molar-refractivity contribution < 1.29 is 22.6 Å². The highest BCUT2D eigenvalue weighted by atomic mass is 35.5. The third kappa shape index (κ3) is 2.39. The highest BCUT2D eigenvalue weighted by molar-refractivity contribution is 6.32. The minimum absolute atomic E-state index is 0.0144. The Hall–Kier alpha value is -1.92. The minimum Gasteiger partial charge on any atom is -0.455 e. The van der Waals surface area contributed by atoms with Crippen LogP contribution >= 0.6 is 11.6 Å². The first-order valence-corrected chi connectivity index (χ1v) is 8.74. The minimum atomic E-state index is -4.69. The molecular formula is C19H17ClF3NO2. The van der Waals surface area contributed by atoms with Crippen molar-refractivity contribution in [1.29, 1.82) is 0 Å². The van der Waals surface area contributed by atoms with Crippen LogP contribution in [0.5, 0.6) is 11.5 Å². The highest BCUT2D eigenvalue weighted by Crippen LogP contribution is 2.58. The van der Waals surface area contributed by atoms with Gasteiger partial charge in [0.25, 0.3) is 0 Å². The predicted molar refractivity (Wildman–Crippen MR) is 93.3 cm³/mol. The number of hydrogen-bond acceptors (Lipinski definition) is 3. The smallest absolute Gasteiger partial charge is 0.426 e. The number of benzene rings is 2. The van der Waals surface area contributed by atoms with Crippen LogP contribution in [0.1, 0.15) is 24.0 Å². The summed E-state index contributed by atoms with van der Waals surface area (Å²) in [5.74, 6) is 0.105. The Morgan fingerprint density at radius 1 is 1.12 bits per heavy atom. The molecule has 0 radical (unpaired) electrons. The summed E-state index contributed by atoms with van der Waals surface area (Å²) in [5.41, 5.74) is -1.99. The molecule has 0 saturated carbocycles. The molecule has 2 heterocycles. The number of fused-ring (bicyclic) bond motifs is 2. The topological polar surface area (TPSA) is 21.7 Å². The SMILES string of the molecule is CO[C@@]1(C(F)(F)F)c2ccc(N3CCCC3)cc2Oc2c(Cl)cccc21. The average Bonchev–Trinajstić information content (AvgIpc) is 3.13. The largest absolute Gasteiger partial charge is 0.455 e. The van der Waals surface area contributed by atoms with Crippen LogP contribution in [0.4, 0.5) is 18.9 Å². The first kappa shape index (κ1) is 17.5. The molecule has 7 heteroatoms. The van der Waals surface area contributed by atoms with E-state index in [0.29, 0.717) is 0 Å². The van der Waals surface area contributed by atoms with E-state index in [2.05, 4.69) is 4.90 Å². The molecule has 0 aromatic heterocycles. The van der Waals surface area contributed by atoms with Crippen molar-refractivity contribution in [2.45, 2.75) is 24.6 Å². The summed E-state index contributed by atoms with van der Waals surface area (Å²) < 4.78 is 53.7. The Balaban J connectivity index is 1.95. The van der Waals surface area contributed by atoms with Gasteiger partial charge in [0.2, 0.25) is 5.60 Å². The fourth-order valence-corrected chi connectivity index (χ4v) is 4.06. The lowest BCUT2D eigenvalue weighted by molar-refractivity contribution is -0.260. The summed E-state index contributed by atoms with van der Waals surface area (Å²) in [6.07, 6.45) is -2.55. The Labute approximate surface area is 154 Å². The van der Waals surface area contributed by atoms with Crippen LogP contribution in [0, 0.1) is 0 Å². The number of ether oxygens (including phenoxy) is 2. The van der Waals surface area contributed by atoms with Crippen molar-refractivity contribution in [3.63, 3.8) is 0 Å². The molecule has 2 aliphatic rings. The first-order valence-electron chi connectivity index (χ1n) is 8.36. The van der Waals surface area contributed by atoms with Gasteiger partial charge in [0, 0.05) is 43.1 Å². The molecule has 1 fully saturated rings. The third-order valence-corrected chi connectivity index (χ3v) is 5.38. The maximum absolute atomic E-state index is 14.3. The van der Waals surface area contributed by atoms with Gasteiger partial charge in [0.1, 0.15) is 5.75 Å². The number of anilines is 1. The number of alkyl halides is 3. The molecule has 2 aromatic rings. The van der Waals surface area contributed by atoms with Gasteiger partial charge >= 0.3 is 6.18 Å². The van der Waals surface area contributed by atoms with E-state index in [4.69, 9.17) is 21.1 Å². The molecule has 0 spiro atoms. The molecule has 1 saturated heterocycles. The Morgan fingerprint density at radius 2 is 1.85 bits per heavy atom. The van der Waals surface area contributed by atoms with E-state index < -0.39 is 11.8 Å². The molecule has 0 N–H and O–H groups in total. The van der Waals surface area contributed by atoms with Crippen LogP contribution in [0.2, 0.25) is 5.02 Å². The molecule has 2 aliphatic heterocycles. The lowest BCUT2D eigenvalue weighted by atomic mass is 9.82. The molecular weight excluding hydrogens is 367 g/mol. The fourth-order valence-electron chi connectivity index (χ4n) is 3.84. The molecule has 0 bridgehead atoms. The van der Waals surface area contributed by atoms with Crippen molar-refractivity contribution in [2.24, 2.45) is 0 Å². The van der Waals surface area contributed by atoms with Gasteiger partial charge in [-0.05, 0) is 31.0 Å². The zero-order chi connectivity index (χ0) is 18.5. The zero-order valence-electron chi connectivity index (χ0n) is 14.1. The Morgan fingerprint density at radius 3 is 2.50 bits per heavy atom. The van der Waals surface area contributed by atoms with E-state index in [-0.39, 0.29) is 27.6 Å². The summed E-state index contributed by atoms with van der Waals surface area (Å²) in [6, 6.07) is 9.11. The molecule has 3 nitrogen and oxygen atoms in total. The Bertz CT molecular complexity index is 849. The van der Waals surface area contributed by atoms with Crippen LogP contribution in [-0.2, 0) is 10.3 Å². The van der Waals surface area contributed by atoms with Gasteiger partial charge in [-0.3, -0.25) is 0 Å². The molecule has 4 rings (SSSR count). The number of methoxy groups -OCH3 is 1. The molecule has 26 heavy (non-hydrogen) atoms. The van der Waals surface area contributed by atoms with Gasteiger partial charge in [-0.15, -0.1) is 0 Å². The number of halogens is 4. The van der Waals surface area contributed by atoms with Crippen molar-refractivity contribution in [1.82, 2.24) is 0 Å². The van der Waals surface area contributed by atoms with Gasteiger partial charge < -0.3 is 14.4 Å². The summed E-state index contributed by atoms with van der Waals surface area (Å²) in [4.78, 5) is 2.13. The van der Waals surface area contributed by atoms with Crippen LogP contribution in [0.3, 0.4) is 0 Å². The lowest BCUT2D eigenvalue weighted by Gasteiger charge is -2.40. The van der Waals surface area contributed by atoms with Crippen LogP contribution in [-0.4, -0.2) is 26.4 Å². The number of hydrogen-bond donors (Lipinski definition) is 0. The number of para-hydroxylation sites is 1. The van der Waals surface area contributed by atoms with Crippen molar-refractivity contribution in [2.75, 3.05) is 25.1 Å². The molecule has 0 unspecified atom stereocenters. The second-order valence-corrected chi connectivity index (χ2v) is 6.88. The van der Waals surface area contributed by atoms with Gasteiger partial charge in [0.05, 0.1) is 5.02 Å². The standard InChI is InChI=1S/C19H17ClF3NO2/c1-25-18(19(21,22)23)13-8-7-12(24-9-2-3-10-24)11-16(13)26-17-14(18)5-4-6-15(17)20/h4-8,11H,2-3,9-10H2,1H3/t18-/m0/s1. The van der Waals surface area contributed by atoms with E-state index >= 15 is 0 Å². The summed E-state index contributed by atoms with van der Waals surface area (Å²) in [7, 11) is 1.06. The maximum atomic E-state index is 14.3. The van der Waals surface area contributed by atoms with Gasteiger partial charge in [-0.1, -0.05) is 23.7 Å². The molecule has 2 aromatic carbocycles. The van der Waals surface area contributed by atoms with Gasteiger partial charge in [-0.2, -0.15) is 13.2 Å². The van der Waals surface area contributed by atoms with Crippen LogP contribution < -0.4 is 9.64 Å². The van der Waals surface area contributed by atoms with E-state index in [0.717, 1.165) is 38.7 Å². The monoisotopic (exact) mass is 383 g/mol. The van der Waals surface area contributed by atoms with Crippen molar-refractivity contribution in [3.05, 3.63) is 52.5 Å². The summed E-state index contributed by atoms with van der Waals surface area (Å²) >= 11 is 6.15. The van der Waals surface area contributed by atoms with Crippen molar-refractivity contribution >= 4 is 17.3 Å². The summed E-state index contributed by atoms with van der Waals surface area (Å²) in [5, 5.41) is 0.116. The number of rotatable bonds is 2. The molecule has 0 aliphatic carbocycles. The average molecular weight is 384 g/mol. The lowest BCUT2D eigenvalue weighted by Crippen LogP contribution is -2.47. The Kier molecular flexibility index (Phi) is 4.08. The third-order valence-electron chi connectivity index (χ3n) is 5.08. The molecule has 1 atom stereocenters. The van der Waals surface area contributed by atoms with Crippen molar-refractivity contribution in [3.8, 4) is 11.5 Å². The van der Waals surface area contributed by atoms with Gasteiger partial charge in [0.15, 0.2) is 5.75 Å². The normalized spacial score (nSPS) is 22.0. The fraction of sp³-hybridized carbons (Fsp3) is 0.368. The first-order chi connectivity index (χ1) is 12.4. The van der Waals surface area contributed by atoms with Crippen LogP contribution in [0.15, 0.2) is 36.4 Å². The predicted octanol–water partition coefficient (Wildman–Crippen LogP) is 5.50. The zero-order valence-corrected chi connectivity index (χ0v) is 14.8. The summed E-state index contributed by atoms with van der Waals surface area (Å²) in [6.45, 7) is 1.76. The van der Waals surface area contributed by atoms with Gasteiger partial charge in [-0.25, -0.2) is 0 Å². The maximum Gasteiger partial charge on any atom is 0.426 e.